The number of hydrogen-bond donors (Lipinski definition) is 0. The first-order chi connectivity index (χ1) is 14.6. The molecule has 0 bridgehead atoms. The largest absolute Gasteiger partial charge is 0.493 e. The molecule has 2 heterocycles. The zero-order valence-electron chi connectivity index (χ0n) is 17.5. The van der Waals surface area contributed by atoms with Crippen molar-refractivity contribution in [2.24, 2.45) is 0 Å². The Bertz CT molecular complexity index is 1010. The molecule has 1 fully saturated rings. The molecule has 30 heavy (non-hydrogen) atoms. The summed E-state index contributed by atoms with van der Waals surface area (Å²) in [6.45, 7) is 6.49. The molecule has 158 valence electrons. The molecule has 0 aliphatic carbocycles. The zero-order chi connectivity index (χ0) is 21.1. The molecule has 0 atom stereocenters. The van der Waals surface area contributed by atoms with E-state index in [-0.39, 0.29) is 0 Å². The summed E-state index contributed by atoms with van der Waals surface area (Å²) in [4.78, 5) is 9.49. The summed E-state index contributed by atoms with van der Waals surface area (Å²) in [6.07, 6.45) is 0. The molecule has 7 heteroatoms. The molecular formula is C23H26ClN3O3. The molecule has 2 aromatic carbocycles. The third-order valence-corrected chi connectivity index (χ3v) is 5.78. The van der Waals surface area contributed by atoms with E-state index in [4.69, 9.17) is 30.5 Å². The van der Waals surface area contributed by atoms with E-state index < -0.39 is 0 Å². The van der Waals surface area contributed by atoms with Gasteiger partial charge in [-0.15, -0.1) is 0 Å². The number of aryl methyl sites for hydroxylation is 1. The molecule has 0 radical (unpaired) electrons. The van der Waals surface area contributed by atoms with E-state index in [9.17, 15) is 0 Å². The fraction of sp³-hybridized carbons (Fsp3) is 0.348. The Kier molecular flexibility index (Phi) is 6.16. The molecule has 4 rings (SSSR count). The lowest BCUT2D eigenvalue weighted by molar-refractivity contribution is 0.246. The number of halogens is 1. The van der Waals surface area contributed by atoms with E-state index in [1.807, 2.05) is 43.3 Å². The number of oxazole rings is 1. The van der Waals surface area contributed by atoms with Gasteiger partial charge >= 0.3 is 0 Å². The van der Waals surface area contributed by atoms with Crippen molar-refractivity contribution >= 4 is 17.3 Å². The molecule has 1 aromatic heterocycles. The SMILES string of the molecule is COc1ccc(-c2nc(CN3CCN(c4ccccc4Cl)CC3)c(C)o2)cc1OC. The molecule has 0 saturated carbocycles. The molecule has 1 aliphatic rings. The van der Waals surface area contributed by atoms with Crippen LogP contribution in [0.2, 0.25) is 5.02 Å². The van der Waals surface area contributed by atoms with Crippen molar-refractivity contribution in [2.45, 2.75) is 13.5 Å². The van der Waals surface area contributed by atoms with Crippen molar-refractivity contribution in [3.8, 4) is 23.0 Å². The van der Waals surface area contributed by atoms with Crippen LogP contribution in [0.25, 0.3) is 11.5 Å². The number of hydrogen-bond acceptors (Lipinski definition) is 6. The van der Waals surface area contributed by atoms with Gasteiger partial charge in [-0.1, -0.05) is 23.7 Å². The standard InChI is InChI=1S/C23H26ClN3O3/c1-16-19(25-23(30-16)17-8-9-21(28-2)22(14-17)29-3)15-26-10-12-27(13-11-26)20-7-5-4-6-18(20)24/h4-9,14H,10-13,15H2,1-3H3. The number of anilines is 1. The second-order valence-corrected chi connectivity index (χ2v) is 7.71. The highest BCUT2D eigenvalue weighted by molar-refractivity contribution is 6.33. The summed E-state index contributed by atoms with van der Waals surface area (Å²) < 4.78 is 16.7. The van der Waals surface area contributed by atoms with Crippen molar-refractivity contribution < 1.29 is 13.9 Å². The van der Waals surface area contributed by atoms with E-state index in [0.717, 1.165) is 60.5 Å². The quantitative estimate of drug-likeness (QED) is 0.571. The summed E-state index contributed by atoms with van der Waals surface area (Å²) in [5.74, 6) is 2.77. The first kappa shape index (κ1) is 20.6. The Morgan fingerprint density at radius 3 is 2.43 bits per heavy atom. The Balaban J connectivity index is 1.43. The van der Waals surface area contributed by atoms with Crippen molar-refractivity contribution in [3.05, 3.63) is 58.9 Å². The minimum absolute atomic E-state index is 0.596. The van der Waals surface area contributed by atoms with Crippen LogP contribution in [0.5, 0.6) is 11.5 Å². The maximum atomic E-state index is 6.35. The van der Waals surface area contributed by atoms with E-state index in [0.29, 0.717) is 17.4 Å². The van der Waals surface area contributed by atoms with Crippen LogP contribution >= 0.6 is 11.6 Å². The van der Waals surface area contributed by atoms with Gasteiger partial charge in [0.15, 0.2) is 11.5 Å². The molecule has 1 aliphatic heterocycles. The minimum atomic E-state index is 0.596. The average Bonchev–Trinajstić information content (AvgIpc) is 3.14. The topological polar surface area (TPSA) is 51.0 Å². The van der Waals surface area contributed by atoms with Gasteiger partial charge in [0.1, 0.15) is 5.76 Å². The van der Waals surface area contributed by atoms with Crippen LogP contribution in [0.4, 0.5) is 5.69 Å². The van der Waals surface area contributed by atoms with Crippen LogP contribution in [0.15, 0.2) is 46.9 Å². The van der Waals surface area contributed by atoms with Gasteiger partial charge in [-0.25, -0.2) is 4.98 Å². The van der Waals surface area contributed by atoms with E-state index in [1.165, 1.54) is 0 Å². The smallest absolute Gasteiger partial charge is 0.226 e. The highest BCUT2D eigenvalue weighted by Gasteiger charge is 2.21. The van der Waals surface area contributed by atoms with Crippen LogP contribution in [-0.4, -0.2) is 50.3 Å². The van der Waals surface area contributed by atoms with Crippen molar-refractivity contribution in [1.82, 2.24) is 9.88 Å². The molecular weight excluding hydrogens is 402 g/mol. The molecule has 6 nitrogen and oxygen atoms in total. The van der Waals surface area contributed by atoms with Gasteiger partial charge in [0, 0.05) is 38.3 Å². The molecule has 3 aromatic rings. The van der Waals surface area contributed by atoms with E-state index in [2.05, 4.69) is 15.9 Å². The third-order valence-electron chi connectivity index (χ3n) is 5.46. The Morgan fingerprint density at radius 2 is 1.73 bits per heavy atom. The van der Waals surface area contributed by atoms with Gasteiger partial charge in [0.05, 0.1) is 30.6 Å². The van der Waals surface area contributed by atoms with Crippen molar-refractivity contribution in [1.29, 1.82) is 0 Å². The average molecular weight is 428 g/mol. The predicted octanol–water partition coefficient (Wildman–Crippen LogP) is 4.64. The number of aromatic nitrogens is 1. The molecule has 0 amide bonds. The minimum Gasteiger partial charge on any atom is -0.493 e. The second kappa shape index (κ2) is 8.98. The number of para-hydroxylation sites is 1. The summed E-state index contributed by atoms with van der Waals surface area (Å²) in [5.41, 5.74) is 2.93. The molecule has 0 unspecified atom stereocenters. The zero-order valence-corrected chi connectivity index (χ0v) is 18.3. The Labute approximate surface area is 182 Å². The number of ether oxygens (including phenoxy) is 2. The first-order valence-corrected chi connectivity index (χ1v) is 10.4. The van der Waals surface area contributed by atoms with Crippen molar-refractivity contribution in [3.63, 3.8) is 0 Å². The lowest BCUT2D eigenvalue weighted by atomic mass is 10.2. The lowest BCUT2D eigenvalue weighted by Crippen LogP contribution is -2.46. The highest BCUT2D eigenvalue weighted by Crippen LogP contribution is 2.33. The van der Waals surface area contributed by atoms with Gasteiger partial charge in [0.2, 0.25) is 5.89 Å². The normalized spacial score (nSPS) is 14.7. The summed E-state index contributed by atoms with van der Waals surface area (Å²) >= 11 is 6.35. The van der Waals surface area contributed by atoms with Gasteiger partial charge in [0.25, 0.3) is 0 Å². The maximum Gasteiger partial charge on any atom is 0.226 e. The molecule has 0 spiro atoms. The fourth-order valence-electron chi connectivity index (χ4n) is 3.73. The second-order valence-electron chi connectivity index (χ2n) is 7.31. The summed E-state index contributed by atoms with van der Waals surface area (Å²) in [5, 5.41) is 0.804. The van der Waals surface area contributed by atoms with Gasteiger partial charge in [-0.3, -0.25) is 4.90 Å². The van der Waals surface area contributed by atoms with Crippen LogP contribution in [0, 0.1) is 6.92 Å². The van der Waals surface area contributed by atoms with Crippen molar-refractivity contribution in [2.75, 3.05) is 45.3 Å². The van der Waals surface area contributed by atoms with E-state index >= 15 is 0 Å². The molecule has 0 N–H and O–H groups in total. The van der Waals surface area contributed by atoms with E-state index in [1.54, 1.807) is 14.2 Å². The van der Waals surface area contributed by atoms with Crippen LogP contribution in [-0.2, 0) is 6.54 Å². The van der Waals surface area contributed by atoms with Crippen LogP contribution in [0.1, 0.15) is 11.5 Å². The maximum absolute atomic E-state index is 6.35. The number of rotatable bonds is 6. The highest BCUT2D eigenvalue weighted by atomic mass is 35.5. The number of piperazine rings is 1. The summed E-state index contributed by atoms with van der Waals surface area (Å²) in [7, 11) is 3.24. The number of benzene rings is 2. The number of nitrogens with zero attached hydrogens (tertiary/aromatic N) is 3. The fourth-order valence-corrected chi connectivity index (χ4v) is 3.99. The predicted molar refractivity (Wildman–Crippen MR) is 119 cm³/mol. The number of methoxy groups -OCH3 is 2. The Hall–Kier alpha value is -2.70. The monoisotopic (exact) mass is 427 g/mol. The first-order valence-electron chi connectivity index (χ1n) is 9.99. The van der Waals surface area contributed by atoms with Gasteiger partial charge < -0.3 is 18.8 Å². The van der Waals surface area contributed by atoms with Gasteiger partial charge in [-0.05, 0) is 37.3 Å². The van der Waals surface area contributed by atoms with Crippen LogP contribution in [0.3, 0.4) is 0 Å². The summed E-state index contributed by atoms with van der Waals surface area (Å²) in [6, 6.07) is 13.7. The molecule has 1 saturated heterocycles. The van der Waals surface area contributed by atoms with Gasteiger partial charge in [-0.2, -0.15) is 0 Å². The lowest BCUT2D eigenvalue weighted by Gasteiger charge is -2.36. The Morgan fingerprint density at radius 1 is 1.00 bits per heavy atom. The van der Waals surface area contributed by atoms with Crippen LogP contribution < -0.4 is 14.4 Å². The third kappa shape index (κ3) is 4.25.